The Bertz CT molecular complexity index is 946. The zero-order chi connectivity index (χ0) is 19.9. The average molecular weight is 385 g/mol. The molecule has 146 valence electrons. The summed E-state index contributed by atoms with van der Waals surface area (Å²) in [5.74, 6) is -1.15. The van der Waals surface area contributed by atoms with E-state index in [1.807, 2.05) is 0 Å². The molecule has 1 aliphatic carbocycles. The van der Waals surface area contributed by atoms with E-state index in [0.717, 1.165) is 12.8 Å². The van der Waals surface area contributed by atoms with Crippen molar-refractivity contribution in [2.24, 2.45) is 5.92 Å². The van der Waals surface area contributed by atoms with Crippen molar-refractivity contribution < 1.29 is 23.2 Å². The molecule has 0 unspecified atom stereocenters. The standard InChI is InChI=1S/C20H20FN3O4/c1-12-8-10-20(11-9-12)18(26)24(19(27)22-20)23-17(25)16-7-6-15(28-16)13-4-2-3-5-14(13)21/h2-7,12H,8-11H2,1H3,(H,22,27)(H,23,25). The van der Waals surface area contributed by atoms with Crippen LogP contribution in [0.4, 0.5) is 9.18 Å². The van der Waals surface area contributed by atoms with E-state index in [9.17, 15) is 18.8 Å². The minimum Gasteiger partial charge on any atom is -0.451 e. The molecular weight excluding hydrogens is 365 g/mol. The molecule has 2 aromatic rings. The molecule has 8 heteroatoms. The summed E-state index contributed by atoms with van der Waals surface area (Å²) in [5, 5.41) is 3.44. The van der Waals surface area contributed by atoms with Crippen molar-refractivity contribution in [2.45, 2.75) is 38.1 Å². The molecule has 1 aromatic heterocycles. The van der Waals surface area contributed by atoms with Gasteiger partial charge in [-0.25, -0.2) is 14.6 Å². The van der Waals surface area contributed by atoms with E-state index < -0.39 is 29.2 Å². The molecule has 2 N–H and O–H groups in total. The highest BCUT2D eigenvalue weighted by Gasteiger charge is 2.53. The van der Waals surface area contributed by atoms with Crippen LogP contribution >= 0.6 is 0 Å². The number of hydrazine groups is 1. The van der Waals surface area contributed by atoms with Crippen molar-refractivity contribution in [2.75, 3.05) is 0 Å². The summed E-state index contributed by atoms with van der Waals surface area (Å²) in [4.78, 5) is 37.5. The molecule has 0 atom stereocenters. The van der Waals surface area contributed by atoms with Crippen molar-refractivity contribution in [3.63, 3.8) is 0 Å². The first-order chi connectivity index (χ1) is 13.4. The fourth-order valence-electron chi connectivity index (χ4n) is 3.74. The summed E-state index contributed by atoms with van der Waals surface area (Å²) in [6.45, 7) is 2.11. The van der Waals surface area contributed by atoms with Gasteiger partial charge in [-0.2, -0.15) is 5.01 Å². The van der Waals surface area contributed by atoms with Gasteiger partial charge in [0.05, 0.1) is 5.56 Å². The van der Waals surface area contributed by atoms with E-state index in [1.54, 1.807) is 12.1 Å². The zero-order valence-corrected chi connectivity index (χ0v) is 15.3. The third-order valence-corrected chi connectivity index (χ3v) is 5.47. The molecule has 2 heterocycles. The van der Waals surface area contributed by atoms with Gasteiger partial charge in [-0.05, 0) is 55.9 Å². The molecule has 1 aliphatic heterocycles. The Hall–Kier alpha value is -3.16. The summed E-state index contributed by atoms with van der Waals surface area (Å²) in [6, 6.07) is 8.19. The first-order valence-corrected chi connectivity index (χ1v) is 9.22. The van der Waals surface area contributed by atoms with Gasteiger partial charge in [0, 0.05) is 0 Å². The molecule has 1 spiro atoms. The van der Waals surface area contributed by atoms with Gasteiger partial charge in [0.15, 0.2) is 5.76 Å². The van der Waals surface area contributed by atoms with Gasteiger partial charge in [-0.15, -0.1) is 0 Å². The van der Waals surface area contributed by atoms with Crippen LogP contribution in [0.2, 0.25) is 0 Å². The quantitative estimate of drug-likeness (QED) is 0.794. The van der Waals surface area contributed by atoms with Crippen LogP contribution in [0.15, 0.2) is 40.8 Å². The molecule has 0 radical (unpaired) electrons. The number of carbonyl (C=O) groups is 3. The fraction of sp³-hybridized carbons (Fsp3) is 0.350. The van der Waals surface area contributed by atoms with E-state index >= 15 is 0 Å². The maximum Gasteiger partial charge on any atom is 0.344 e. The summed E-state index contributed by atoms with van der Waals surface area (Å²) in [7, 11) is 0. The van der Waals surface area contributed by atoms with Crippen molar-refractivity contribution >= 4 is 17.8 Å². The van der Waals surface area contributed by atoms with E-state index in [0.29, 0.717) is 23.8 Å². The molecular formula is C20H20FN3O4. The second kappa shape index (κ2) is 6.78. The van der Waals surface area contributed by atoms with Crippen LogP contribution < -0.4 is 10.7 Å². The Morgan fingerprint density at radius 3 is 2.64 bits per heavy atom. The fourth-order valence-corrected chi connectivity index (χ4v) is 3.74. The highest BCUT2D eigenvalue weighted by atomic mass is 19.1. The number of nitrogens with zero attached hydrogens (tertiary/aromatic N) is 1. The molecule has 28 heavy (non-hydrogen) atoms. The van der Waals surface area contributed by atoms with Crippen LogP contribution in [0.3, 0.4) is 0 Å². The molecule has 1 saturated carbocycles. The van der Waals surface area contributed by atoms with Crippen molar-refractivity contribution in [3.8, 4) is 11.3 Å². The normalized spacial score (nSPS) is 24.5. The van der Waals surface area contributed by atoms with Crippen LogP contribution in [0.25, 0.3) is 11.3 Å². The molecule has 4 amide bonds. The van der Waals surface area contributed by atoms with E-state index in [1.165, 1.54) is 24.3 Å². The second-order valence-electron chi connectivity index (χ2n) is 7.42. The van der Waals surface area contributed by atoms with Crippen LogP contribution in [0.5, 0.6) is 0 Å². The maximum atomic E-state index is 13.9. The first-order valence-electron chi connectivity index (χ1n) is 9.22. The maximum absolute atomic E-state index is 13.9. The number of amides is 4. The molecule has 4 rings (SSSR count). The SMILES string of the molecule is CC1CCC2(CC1)NC(=O)N(NC(=O)c1ccc(-c3ccccc3F)o1)C2=O. The third-order valence-electron chi connectivity index (χ3n) is 5.47. The van der Waals surface area contributed by atoms with Crippen LogP contribution in [-0.4, -0.2) is 28.4 Å². The Morgan fingerprint density at radius 2 is 1.93 bits per heavy atom. The summed E-state index contributed by atoms with van der Waals surface area (Å²) < 4.78 is 19.3. The number of halogens is 1. The Kier molecular flexibility index (Phi) is 4.41. The number of rotatable bonds is 3. The molecule has 1 aromatic carbocycles. The van der Waals surface area contributed by atoms with Gasteiger partial charge in [-0.1, -0.05) is 19.1 Å². The van der Waals surface area contributed by atoms with E-state index in [2.05, 4.69) is 17.7 Å². The van der Waals surface area contributed by atoms with Crippen LogP contribution in [0.1, 0.15) is 43.2 Å². The number of carbonyl (C=O) groups excluding carboxylic acids is 3. The van der Waals surface area contributed by atoms with E-state index in [4.69, 9.17) is 4.42 Å². The molecule has 0 bridgehead atoms. The van der Waals surface area contributed by atoms with Crippen LogP contribution in [-0.2, 0) is 4.79 Å². The van der Waals surface area contributed by atoms with Crippen molar-refractivity contribution in [1.29, 1.82) is 0 Å². The van der Waals surface area contributed by atoms with Crippen LogP contribution in [0, 0.1) is 11.7 Å². The summed E-state index contributed by atoms with van der Waals surface area (Å²) in [6.07, 6.45) is 2.75. The van der Waals surface area contributed by atoms with Crippen molar-refractivity contribution in [1.82, 2.24) is 15.8 Å². The summed E-state index contributed by atoms with van der Waals surface area (Å²) >= 11 is 0. The number of hydrogen-bond donors (Lipinski definition) is 2. The zero-order valence-electron chi connectivity index (χ0n) is 15.3. The highest BCUT2D eigenvalue weighted by Crippen LogP contribution is 2.36. The van der Waals surface area contributed by atoms with Gasteiger partial charge >= 0.3 is 11.9 Å². The lowest BCUT2D eigenvalue weighted by Crippen LogP contribution is -2.51. The smallest absolute Gasteiger partial charge is 0.344 e. The number of benzene rings is 1. The number of furan rings is 1. The number of nitrogens with one attached hydrogen (secondary N) is 2. The topological polar surface area (TPSA) is 91.7 Å². The largest absolute Gasteiger partial charge is 0.451 e. The molecule has 1 saturated heterocycles. The predicted molar refractivity (Wildman–Crippen MR) is 97.3 cm³/mol. The first kappa shape index (κ1) is 18.2. The van der Waals surface area contributed by atoms with E-state index in [-0.39, 0.29) is 17.1 Å². The monoisotopic (exact) mass is 385 g/mol. The van der Waals surface area contributed by atoms with Gasteiger partial charge < -0.3 is 9.73 Å². The Labute approximate surface area is 160 Å². The minimum atomic E-state index is -0.946. The molecule has 2 aliphatic rings. The lowest BCUT2D eigenvalue weighted by atomic mass is 9.77. The molecule has 2 fully saturated rings. The third kappa shape index (κ3) is 3.04. The lowest BCUT2D eigenvalue weighted by Gasteiger charge is -2.33. The Morgan fingerprint density at radius 1 is 1.21 bits per heavy atom. The lowest BCUT2D eigenvalue weighted by molar-refractivity contribution is -0.134. The van der Waals surface area contributed by atoms with Crippen molar-refractivity contribution in [3.05, 3.63) is 48.0 Å². The minimum absolute atomic E-state index is 0.128. The van der Waals surface area contributed by atoms with Gasteiger partial charge in [0.25, 0.3) is 5.91 Å². The summed E-state index contributed by atoms with van der Waals surface area (Å²) in [5.41, 5.74) is 1.57. The van der Waals surface area contributed by atoms with Gasteiger partial charge in [-0.3, -0.25) is 9.59 Å². The van der Waals surface area contributed by atoms with Gasteiger partial charge in [0.1, 0.15) is 17.1 Å². The highest BCUT2D eigenvalue weighted by molar-refractivity contribution is 6.09. The molecule has 7 nitrogen and oxygen atoms in total. The number of hydrogen-bond acceptors (Lipinski definition) is 4. The number of imide groups is 1. The second-order valence-corrected chi connectivity index (χ2v) is 7.42. The Balaban J connectivity index is 1.49. The van der Waals surface area contributed by atoms with Gasteiger partial charge in [0.2, 0.25) is 0 Å². The number of urea groups is 1. The average Bonchev–Trinajstić information content (AvgIpc) is 3.25. The predicted octanol–water partition coefficient (Wildman–Crippen LogP) is 3.23.